The van der Waals surface area contributed by atoms with Gasteiger partial charge < -0.3 is 15.4 Å². The lowest BCUT2D eigenvalue weighted by molar-refractivity contribution is 0.0976. The average molecular weight is 575 g/mol. The van der Waals surface area contributed by atoms with Gasteiger partial charge in [0.05, 0.1) is 11.1 Å². The maximum atomic E-state index is 12.7. The minimum Gasteiger partial charge on any atom is -0.492 e. The Kier molecular flexibility index (Phi) is 9.02. The van der Waals surface area contributed by atoms with Crippen molar-refractivity contribution < 1.29 is 14.3 Å². The molecule has 0 unspecified atom stereocenters. The number of carbonyl (C=O) groups excluding carboxylic acids is 2. The highest BCUT2D eigenvalue weighted by Gasteiger charge is 2.12. The third-order valence-electron chi connectivity index (χ3n) is 5.33. The standard InChI is InChI=1S/C29H24BrN3O3S/c30-25-19-22(14-15-26(25)36-17-16-20-8-3-1-4-9-20)28(35)33-29(37)32-24-13-7-10-21(18-24)27(34)31-23-11-5-2-6-12-23/h1-15,18-19H,16-17H2,(H,31,34)(H2,32,33,35,37). The van der Waals surface area contributed by atoms with E-state index in [2.05, 4.69) is 44.0 Å². The molecule has 0 fully saturated rings. The van der Waals surface area contributed by atoms with Crippen LogP contribution in [0.15, 0.2) is 108 Å². The Hall–Kier alpha value is -4.01. The van der Waals surface area contributed by atoms with E-state index < -0.39 is 0 Å². The van der Waals surface area contributed by atoms with Crippen LogP contribution in [0.4, 0.5) is 11.4 Å². The third kappa shape index (κ3) is 7.73. The van der Waals surface area contributed by atoms with Crippen LogP contribution in [0.3, 0.4) is 0 Å². The van der Waals surface area contributed by atoms with Crippen molar-refractivity contribution in [1.82, 2.24) is 5.32 Å². The van der Waals surface area contributed by atoms with Crippen LogP contribution in [-0.4, -0.2) is 23.5 Å². The smallest absolute Gasteiger partial charge is 0.257 e. The summed E-state index contributed by atoms with van der Waals surface area (Å²) < 4.78 is 6.52. The molecule has 0 bridgehead atoms. The number of thiocarbonyl (C=S) groups is 1. The molecule has 0 radical (unpaired) electrons. The van der Waals surface area contributed by atoms with Gasteiger partial charge in [-0.05, 0) is 82.2 Å². The second-order valence-corrected chi connectivity index (χ2v) is 9.30. The van der Waals surface area contributed by atoms with Gasteiger partial charge in [0.2, 0.25) is 0 Å². The van der Waals surface area contributed by atoms with E-state index in [1.165, 1.54) is 5.56 Å². The molecule has 8 heteroatoms. The van der Waals surface area contributed by atoms with Gasteiger partial charge in [-0.25, -0.2) is 0 Å². The van der Waals surface area contributed by atoms with Gasteiger partial charge in [-0.2, -0.15) is 0 Å². The van der Waals surface area contributed by atoms with Gasteiger partial charge in [0.25, 0.3) is 11.8 Å². The normalized spacial score (nSPS) is 10.3. The van der Waals surface area contributed by atoms with E-state index in [9.17, 15) is 9.59 Å². The van der Waals surface area contributed by atoms with Crippen LogP contribution in [0, 0.1) is 0 Å². The summed E-state index contributed by atoms with van der Waals surface area (Å²) in [5, 5.41) is 8.57. The molecule has 0 aliphatic heterocycles. The number of hydrogen-bond acceptors (Lipinski definition) is 4. The Morgan fingerprint density at radius 3 is 2.14 bits per heavy atom. The molecular formula is C29H24BrN3O3S. The van der Waals surface area contributed by atoms with Crippen molar-refractivity contribution in [2.75, 3.05) is 17.2 Å². The van der Waals surface area contributed by atoms with E-state index >= 15 is 0 Å². The molecular weight excluding hydrogens is 550 g/mol. The summed E-state index contributed by atoms with van der Waals surface area (Å²) in [7, 11) is 0. The van der Waals surface area contributed by atoms with E-state index in [1.807, 2.05) is 48.5 Å². The van der Waals surface area contributed by atoms with Crippen LogP contribution >= 0.6 is 28.1 Å². The fourth-order valence-electron chi connectivity index (χ4n) is 3.48. The molecule has 3 N–H and O–H groups in total. The monoisotopic (exact) mass is 573 g/mol. The number of halogens is 1. The third-order valence-corrected chi connectivity index (χ3v) is 6.15. The molecule has 4 rings (SSSR count). The van der Waals surface area contributed by atoms with Crippen molar-refractivity contribution in [2.45, 2.75) is 6.42 Å². The number of anilines is 2. The van der Waals surface area contributed by atoms with Crippen molar-refractivity contribution in [3.05, 3.63) is 124 Å². The number of ether oxygens (including phenoxy) is 1. The zero-order chi connectivity index (χ0) is 26.0. The molecule has 0 saturated heterocycles. The topological polar surface area (TPSA) is 79.5 Å². The molecule has 0 spiro atoms. The van der Waals surface area contributed by atoms with Crippen molar-refractivity contribution in [3.63, 3.8) is 0 Å². The SMILES string of the molecule is O=C(NC(=S)Nc1cccc(C(=O)Nc2ccccc2)c1)c1ccc(OCCc2ccccc2)c(Br)c1. The fraction of sp³-hybridized carbons (Fsp3) is 0.0690. The van der Waals surface area contributed by atoms with Crippen molar-refractivity contribution in [2.24, 2.45) is 0 Å². The first-order valence-electron chi connectivity index (χ1n) is 11.5. The lowest BCUT2D eigenvalue weighted by Crippen LogP contribution is -2.34. The first kappa shape index (κ1) is 26.1. The minimum absolute atomic E-state index is 0.116. The lowest BCUT2D eigenvalue weighted by Gasteiger charge is -2.12. The summed E-state index contributed by atoms with van der Waals surface area (Å²) in [4.78, 5) is 25.3. The summed E-state index contributed by atoms with van der Waals surface area (Å²) in [5.41, 5.74) is 3.34. The second-order valence-electron chi connectivity index (χ2n) is 8.04. The van der Waals surface area contributed by atoms with Gasteiger partial charge in [-0.15, -0.1) is 0 Å². The number of rotatable bonds is 8. The van der Waals surface area contributed by atoms with Crippen LogP contribution in [0.5, 0.6) is 5.75 Å². The molecule has 0 aliphatic carbocycles. The van der Waals surface area contributed by atoms with Gasteiger partial charge >= 0.3 is 0 Å². The minimum atomic E-state index is -0.369. The number of carbonyl (C=O) groups is 2. The number of para-hydroxylation sites is 1. The van der Waals surface area contributed by atoms with Crippen molar-refractivity contribution in [3.8, 4) is 5.75 Å². The van der Waals surface area contributed by atoms with Crippen LogP contribution in [-0.2, 0) is 6.42 Å². The molecule has 0 aliphatic rings. The zero-order valence-corrected chi connectivity index (χ0v) is 22.1. The predicted molar refractivity (Wildman–Crippen MR) is 154 cm³/mol. The van der Waals surface area contributed by atoms with Gasteiger partial charge in [0.1, 0.15) is 5.75 Å². The highest BCUT2D eigenvalue weighted by atomic mass is 79.9. The van der Waals surface area contributed by atoms with Crippen LogP contribution < -0.4 is 20.7 Å². The maximum absolute atomic E-state index is 12.7. The summed E-state index contributed by atoms with van der Waals surface area (Å²) >= 11 is 8.78. The number of hydrogen-bond donors (Lipinski definition) is 3. The molecule has 0 saturated carbocycles. The Bertz CT molecular complexity index is 1400. The largest absolute Gasteiger partial charge is 0.492 e. The zero-order valence-electron chi connectivity index (χ0n) is 19.7. The van der Waals surface area contributed by atoms with Crippen molar-refractivity contribution >= 4 is 56.4 Å². The fourth-order valence-corrected chi connectivity index (χ4v) is 4.19. The highest BCUT2D eigenvalue weighted by Crippen LogP contribution is 2.26. The first-order chi connectivity index (χ1) is 18.0. The van der Waals surface area contributed by atoms with Gasteiger partial charge in [-0.1, -0.05) is 54.6 Å². The van der Waals surface area contributed by atoms with Crippen molar-refractivity contribution in [1.29, 1.82) is 0 Å². The molecule has 4 aromatic carbocycles. The predicted octanol–water partition coefficient (Wildman–Crippen LogP) is 6.45. The van der Waals surface area contributed by atoms with Gasteiger partial charge in [-0.3, -0.25) is 14.9 Å². The van der Waals surface area contributed by atoms with E-state index in [1.54, 1.807) is 42.5 Å². The Morgan fingerprint density at radius 2 is 1.41 bits per heavy atom. The van der Waals surface area contributed by atoms with Crippen LogP contribution in [0.25, 0.3) is 0 Å². The number of benzene rings is 4. The molecule has 0 atom stereocenters. The molecule has 6 nitrogen and oxygen atoms in total. The Labute approximate surface area is 229 Å². The van der Waals surface area contributed by atoms with E-state index in [-0.39, 0.29) is 16.9 Å². The molecule has 4 aromatic rings. The average Bonchev–Trinajstić information content (AvgIpc) is 2.91. The summed E-state index contributed by atoms with van der Waals surface area (Å²) in [6.45, 7) is 0.518. The first-order valence-corrected chi connectivity index (χ1v) is 12.7. The molecule has 186 valence electrons. The molecule has 0 aromatic heterocycles. The Morgan fingerprint density at radius 1 is 0.730 bits per heavy atom. The quantitative estimate of drug-likeness (QED) is 0.211. The summed E-state index contributed by atoms with van der Waals surface area (Å²) in [6, 6.07) is 31.2. The molecule has 37 heavy (non-hydrogen) atoms. The van der Waals surface area contributed by atoms with Crippen LogP contribution in [0.2, 0.25) is 0 Å². The summed E-state index contributed by atoms with van der Waals surface area (Å²) in [5.74, 6) is 0.0338. The number of amides is 2. The molecule has 0 heterocycles. The summed E-state index contributed by atoms with van der Waals surface area (Å²) in [6.07, 6.45) is 0.782. The van der Waals surface area contributed by atoms with Crippen LogP contribution in [0.1, 0.15) is 26.3 Å². The highest BCUT2D eigenvalue weighted by molar-refractivity contribution is 9.10. The lowest BCUT2D eigenvalue weighted by atomic mass is 10.1. The van der Waals surface area contributed by atoms with E-state index in [4.69, 9.17) is 17.0 Å². The second kappa shape index (κ2) is 12.8. The van der Waals surface area contributed by atoms with E-state index in [0.717, 1.165) is 6.42 Å². The number of nitrogens with one attached hydrogen (secondary N) is 3. The van der Waals surface area contributed by atoms with Gasteiger partial charge in [0, 0.05) is 28.9 Å². The Balaban J connectivity index is 1.30. The molecule has 2 amide bonds. The van der Waals surface area contributed by atoms with Gasteiger partial charge in [0.15, 0.2) is 5.11 Å². The van der Waals surface area contributed by atoms with E-state index in [0.29, 0.717) is 39.3 Å². The maximum Gasteiger partial charge on any atom is 0.257 e.